The highest BCUT2D eigenvalue weighted by molar-refractivity contribution is 7.18. The molecule has 0 saturated carbocycles. The van der Waals surface area contributed by atoms with Crippen LogP contribution in [-0.4, -0.2) is 31.6 Å². The predicted molar refractivity (Wildman–Crippen MR) is 101 cm³/mol. The van der Waals surface area contributed by atoms with E-state index in [0.717, 1.165) is 30.6 Å². The van der Waals surface area contributed by atoms with Crippen molar-refractivity contribution < 1.29 is 14.3 Å². The number of nitrogens with zero attached hydrogens (tertiary/aromatic N) is 1. The van der Waals surface area contributed by atoms with Crippen molar-refractivity contribution in [2.75, 3.05) is 29.9 Å². The van der Waals surface area contributed by atoms with Gasteiger partial charge in [0.2, 0.25) is 5.91 Å². The number of ether oxygens (including phenoxy) is 1. The molecule has 132 valence electrons. The van der Waals surface area contributed by atoms with E-state index in [0.29, 0.717) is 23.0 Å². The largest absolute Gasteiger partial charge is 0.462 e. The zero-order chi connectivity index (χ0) is 17.8. The highest BCUT2D eigenvalue weighted by atomic mass is 32.1. The molecule has 1 N–H and O–H groups in total. The summed E-state index contributed by atoms with van der Waals surface area (Å²) in [6, 6.07) is 10.0. The van der Waals surface area contributed by atoms with Gasteiger partial charge in [-0.05, 0) is 49.9 Å². The average molecular weight is 358 g/mol. The number of esters is 1. The number of anilines is 2. The highest BCUT2D eigenvalue weighted by Gasteiger charge is 2.20. The molecule has 2 heterocycles. The molecule has 0 saturated heterocycles. The van der Waals surface area contributed by atoms with E-state index in [1.807, 2.05) is 25.1 Å². The number of carbonyl (C=O) groups excluding carboxylic acids is 2. The first-order valence-electron chi connectivity index (χ1n) is 8.48. The maximum atomic E-state index is 12.4. The van der Waals surface area contributed by atoms with Crippen LogP contribution < -0.4 is 10.2 Å². The van der Waals surface area contributed by atoms with Gasteiger partial charge in [0.25, 0.3) is 0 Å². The molecular weight excluding hydrogens is 336 g/mol. The Kier molecular flexibility index (Phi) is 5.38. The number of para-hydroxylation sites is 1. The molecule has 5 nitrogen and oxygen atoms in total. The predicted octanol–water partition coefficient (Wildman–Crippen LogP) is 3.62. The Morgan fingerprint density at radius 3 is 2.92 bits per heavy atom. The molecule has 0 bridgehead atoms. The van der Waals surface area contributed by atoms with Gasteiger partial charge in [-0.2, -0.15) is 0 Å². The highest BCUT2D eigenvalue weighted by Crippen LogP contribution is 2.29. The summed E-state index contributed by atoms with van der Waals surface area (Å²) >= 11 is 1.26. The summed E-state index contributed by atoms with van der Waals surface area (Å²) < 4.78 is 5.04. The third-order valence-electron chi connectivity index (χ3n) is 4.18. The second-order valence-electron chi connectivity index (χ2n) is 6.05. The fraction of sp³-hybridized carbons (Fsp3) is 0.368. The minimum atomic E-state index is -0.338. The number of carbonyl (C=O) groups is 2. The van der Waals surface area contributed by atoms with Gasteiger partial charge in [-0.15, -0.1) is 11.3 Å². The Morgan fingerprint density at radius 1 is 1.32 bits per heavy atom. The summed E-state index contributed by atoms with van der Waals surface area (Å²) in [5.41, 5.74) is 3.25. The fourth-order valence-electron chi connectivity index (χ4n) is 3.07. The number of amides is 1. The molecule has 25 heavy (non-hydrogen) atoms. The first kappa shape index (κ1) is 17.5. The Labute approximate surface area is 151 Å². The van der Waals surface area contributed by atoms with Crippen molar-refractivity contribution in [1.82, 2.24) is 0 Å². The van der Waals surface area contributed by atoms with Gasteiger partial charge in [0.15, 0.2) is 0 Å². The van der Waals surface area contributed by atoms with Crippen molar-refractivity contribution in [3.05, 3.63) is 46.3 Å². The van der Waals surface area contributed by atoms with Crippen LogP contribution in [0, 0.1) is 6.92 Å². The van der Waals surface area contributed by atoms with Crippen LogP contribution >= 0.6 is 11.3 Å². The van der Waals surface area contributed by atoms with Gasteiger partial charge in [0, 0.05) is 12.2 Å². The third-order valence-corrected chi connectivity index (χ3v) is 5.31. The Bertz CT molecular complexity index is 785. The lowest BCUT2D eigenvalue weighted by Gasteiger charge is -2.30. The van der Waals surface area contributed by atoms with E-state index in [1.54, 1.807) is 6.92 Å². The molecule has 1 amide bonds. The van der Waals surface area contributed by atoms with Crippen molar-refractivity contribution >= 4 is 33.9 Å². The average Bonchev–Trinajstić information content (AvgIpc) is 2.95. The van der Waals surface area contributed by atoms with Gasteiger partial charge in [-0.1, -0.05) is 18.2 Å². The molecule has 1 aliphatic rings. The van der Waals surface area contributed by atoms with E-state index in [9.17, 15) is 9.59 Å². The van der Waals surface area contributed by atoms with Crippen LogP contribution in [0.3, 0.4) is 0 Å². The van der Waals surface area contributed by atoms with Crippen LogP contribution in [0.5, 0.6) is 0 Å². The van der Waals surface area contributed by atoms with Crippen LogP contribution in [-0.2, 0) is 16.0 Å². The normalized spacial score (nSPS) is 13.3. The minimum absolute atomic E-state index is 0.0756. The first-order chi connectivity index (χ1) is 12.1. The molecular formula is C19H22N2O3S. The van der Waals surface area contributed by atoms with Crippen molar-refractivity contribution in [2.45, 2.75) is 26.7 Å². The topological polar surface area (TPSA) is 58.6 Å². The molecule has 6 heteroatoms. The molecule has 0 atom stereocenters. The summed E-state index contributed by atoms with van der Waals surface area (Å²) in [6.07, 6.45) is 2.11. The smallest absolute Gasteiger partial charge is 0.348 e. The van der Waals surface area contributed by atoms with Crippen molar-refractivity contribution in [3.8, 4) is 0 Å². The monoisotopic (exact) mass is 358 g/mol. The second kappa shape index (κ2) is 7.70. The van der Waals surface area contributed by atoms with E-state index in [-0.39, 0.29) is 11.9 Å². The van der Waals surface area contributed by atoms with E-state index < -0.39 is 0 Å². The van der Waals surface area contributed by atoms with Crippen molar-refractivity contribution in [2.24, 2.45) is 0 Å². The standard InChI is InChI=1S/C19H22N2O3S/c1-3-24-19(23)18-13(2)11-17(25-18)20-16(22)12-21-10-6-8-14-7-4-5-9-15(14)21/h4-5,7,9,11H,3,6,8,10,12H2,1-2H3,(H,20,22). The molecule has 2 aromatic rings. The second-order valence-corrected chi connectivity index (χ2v) is 7.10. The summed E-state index contributed by atoms with van der Waals surface area (Å²) in [6.45, 7) is 5.15. The quantitative estimate of drug-likeness (QED) is 0.830. The van der Waals surface area contributed by atoms with Crippen LogP contribution in [0.15, 0.2) is 30.3 Å². The number of fused-ring (bicyclic) bond motifs is 1. The molecule has 1 aromatic heterocycles. The number of benzene rings is 1. The molecule has 0 spiro atoms. The lowest BCUT2D eigenvalue weighted by Crippen LogP contribution is -2.36. The lowest BCUT2D eigenvalue weighted by molar-refractivity contribution is -0.115. The molecule has 1 aliphatic heterocycles. The number of hydrogen-bond acceptors (Lipinski definition) is 5. The van der Waals surface area contributed by atoms with Gasteiger partial charge in [0.1, 0.15) is 4.88 Å². The van der Waals surface area contributed by atoms with E-state index >= 15 is 0 Å². The molecule has 0 unspecified atom stereocenters. The van der Waals surface area contributed by atoms with Crippen LogP contribution in [0.2, 0.25) is 0 Å². The molecule has 0 radical (unpaired) electrons. The fourth-order valence-corrected chi connectivity index (χ4v) is 4.05. The molecule has 0 aliphatic carbocycles. The number of rotatable bonds is 5. The van der Waals surface area contributed by atoms with Crippen LogP contribution in [0.25, 0.3) is 0 Å². The summed E-state index contributed by atoms with van der Waals surface area (Å²) in [4.78, 5) is 27.0. The molecule has 3 rings (SSSR count). The number of hydrogen-bond donors (Lipinski definition) is 1. The van der Waals surface area contributed by atoms with Gasteiger partial charge >= 0.3 is 5.97 Å². The number of aryl methyl sites for hydroxylation is 2. The minimum Gasteiger partial charge on any atom is -0.462 e. The number of nitrogens with one attached hydrogen (secondary N) is 1. The van der Waals surface area contributed by atoms with E-state index in [2.05, 4.69) is 22.3 Å². The van der Waals surface area contributed by atoms with Gasteiger partial charge in [-0.25, -0.2) is 4.79 Å². The summed E-state index contributed by atoms with van der Waals surface area (Å²) in [5, 5.41) is 3.59. The Hall–Kier alpha value is -2.34. The zero-order valence-corrected chi connectivity index (χ0v) is 15.3. The summed E-state index contributed by atoms with van der Waals surface area (Å²) in [5.74, 6) is -0.413. The first-order valence-corrected chi connectivity index (χ1v) is 9.30. The molecule has 1 aromatic carbocycles. The van der Waals surface area contributed by atoms with E-state index in [1.165, 1.54) is 16.9 Å². The maximum Gasteiger partial charge on any atom is 0.348 e. The Balaban J connectivity index is 1.66. The van der Waals surface area contributed by atoms with Gasteiger partial charge < -0.3 is 15.0 Å². The van der Waals surface area contributed by atoms with E-state index in [4.69, 9.17) is 4.74 Å². The zero-order valence-electron chi connectivity index (χ0n) is 14.5. The number of thiophene rings is 1. The van der Waals surface area contributed by atoms with Gasteiger partial charge in [-0.3, -0.25) is 4.79 Å². The lowest BCUT2D eigenvalue weighted by atomic mass is 10.0. The summed E-state index contributed by atoms with van der Waals surface area (Å²) in [7, 11) is 0. The van der Waals surface area contributed by atoms with Crippen LogP contribution in [0.4, 0.5) is 10.7 Å². The van der Waals surface area contributed by atoms with Crippen molar-refractivity contribution in [1.29, 1.82) is 0 Å². The van der Waals surface area contributed by atoms with Crippen molar-refractivity contribution in [3.63, 3.8) is 0 Å². The SMILES string of the molecule is CCOC(=O)c1sc(NC(=O)CN2CCCc3ccccc32)cc1C. The van der Waals surface area contributed by atoms with Gasteiger partial charge in [0.05, 0.1) is 18.2 Å². The van der Waals surface area contributed by atoms with Crippen LogP contribution in [0.1, 0.15) is 34.1 Å². The third kappa shape index (κ3) is 4.02. The maximum absolute atomic E-state index is 12.4. The molecule has 0 fully saturated rings. The Morgan fingerprint density at radius 2 is 2.12 bits per heavy atom.